The molecule has 0 radical (unpaired) electrons. The van der Waals surface area contributed by atoms with E-state index in [2.05, 4.69) is 12.1 Å². The molecule has 1 aliphatic rings. The zero-order chi connectivity index (χ0) is 12.3. The number of ether oxygens (including phenoxy) is 2. The lowest BCUT2D eigenvalue weighted by Gasteiger charge is -2.27. The van der Waals surface area contributed by atoms with Crippen LogP contribution in [0, 0.1) is 0 Å². The second-order valence-electron chi connectivity index (χ2n) is 4.74. The molecule has 1 fully saturated rings. The van der Waals surface area contributed by atoms with Crippen LogP contribution in [0.15, 0.2) is 18.2 Å². The van der Waals surface area contributed by atoms with Crippen LogP contribution in [0.3, 0.4) is 0 Å². The summed E-state index contributed by atoms with van der Waals surface area (Å²) in [4.78, 5) is 0. The lowest BCUT2D eigenvalue weighted by Crippen LogP contribution is -2.26. The Hall–Kier alpha value is -1.22. The Morgan fingerprint density at radius 2 is 1.88 bits per heavy atom. The van der Waals surface area contributed by atoms with E-state index in [4.69, 9.17) is 15.2 Å². The Bertz CT molecular complexity index is 378. The molecule has 2 unspecified atom stereocenters. The number of benzene rings is 1. The maximum atomic E-state index is 6.03. The van der Waals surface area contributed by atoms with Gasteiger partial charge in [-0.25, -0.2) is 0 Å². The second-order valence-corrected chi connectivity index (χ2v) is 4.74. The van der Waals surface area contributed by atoms with Crippen LogP contribution in [0.25, 0.3) is 0 Å². The Kier molecular flexibility index (Phi) is 3.89. The maximum Gasteiger partial charge on any atom is 0.160 e. The van der Waals surface area contributed by atoms with Gasteiger partial charge in [-0.15, -0.1) is 0 Å². The standard InChI is InChI=1S/C14H21NO2/c1-16-13-7-6-11(9-14(13)17-2)10-4-3-5-12(15)8-10/h6-7,9-10,12H,3-5,8,15H2,1-2H3. The van der Waals surface area contributed by atoms with Gasteiger partial charge < -0.3 is 15.2 Å². The van der Waals surface area contributed by atoms with Crippen molar-refractivity contribution >= 4 is 0 Å². The van der Waals surface area contributed by atoms with Crippen LogP contribution < -0.4 is 15.2 Å². The van der Waals surface area contributed by atoms with Gasteiger partial charge in [-0.3, -0.25) is 0 Å². The summed E-state index contributed by atoms with van der Waals surface area (Å²) in [5, 5.41) is 0. The van der Waals surface area contributed by atoms with Gasteiger partial charge in [0.25, 0.3) is 0 Å². The third-order valence-corrected chi connectivity index (χ3v) is 3.59. The highest BCUT2D eigenvalue weighted by Crippen LogP contribution is 2.36. The first kappa shape index (κ1) is 12.2. The monoisotopic (exact) mass is 235 g/mol. The van der Waals surface area contributed by atoms with Gasteiger partial charge in [0.1, 0.15) is 0 Å². The van der Waals surface area contributed by atoms with Gasteiger partial charge in [-0.05, 0) is 42.9 Å². The highest BCUT2D eigenvalue weighted by Gasteiger charge is 2.21. The molecule has 1 aromatic rings. The predicted molar refractivity (Wildman–Crippen MR) is 68.7 cm³/mol. The van der Waals surface area contributed by atoms with E-state index >= 15 is 0 Å². The molecule has 1 aromatic carbocycles. The lowest BCUT2D eigenvalue weighted by atomic mass is 9.81. The van der Waals surface area contributed by atoms with Gasteiger partial charge in [0.05, 0.1) is 14.2 Å². The average Bonchev–Trinajstić information content (AvgIpc) is 2.38. The third-order valence-electron chi connectivity index (χ3n) is 3.59. The Balaban J connectivity index is 2.20. The van der Waals surface area contributed by atoms with Gasteiger partial charge in [-0.2, -0.15) is 0 Å². The van der Waals surface area contributed by atoms with Crippen molar-refractivity contribution in [3.63, 3.8) is 0 Å². The molecule has 2 N–H and O–H groups in total. The molecule has 0 saturated heterocycles. The first-order valence-electron chi connectivity index (χ1n) is 6.22. The van der Waals surface area contributed by atoms with Crippen molar-refractivity contribution in [3.8, 4) is 11.5 Å². The van der Waals surface area contributed by atoms with E-state index in [0.29, 0.717) is 12.0 Å². The largest absolute Gasteiger partial charge is 0.493 e. The molecule has 0 heterocycles. The molecule has 1 saturated carbocycles. The molecule has 0 aliphatic heterocycles. The van der Waals surface area contributed by atoms with E-state index in [1.54, 1.807) is 14.2 Å². The minimum absolute atomic E-state index is 0.349. The highest BCUT2D eigenvalue weighted by molar-refractivity contribution is 5.44. The normalized spacial score (nSPS) is 24.4. The van der Waals surface area contributed by atoms with Crippen molar-refractivity contribution in [1.82, 2.24) is 0 Å². The summed E-state index contributed by atoms with van der Waals surface area (Å²) < 4.78 is 10.6. The molecule has 2 atom stereocenters. The molecular formula is C14H21NO2. The van der Waals surface area contributed by atoms with Crippen LogP contribution in [0.5, 0.6) is 11.5 Å². The quantitative estimate of drug-likeness (QED) is 0.876. The van der Waals surface area contributed by atoms with Crippen molar-refractivity contribution in [2.75, 3.05) is 14.2 Å². The number of hydrogen-bond acceptors (Lipinski definition) is 3. The van der Waals surface area contributed by atoms with Crippen LogP contribution >= 0.6 is 0 Å². The lowest BCUT2D eigenvalue weighted by molar-refractivity contribution is 0.351. The van der Waals surface area contributed by atoms with Gasteiger partial charge in [0.2, 0.25) is 0 Å². The summed E-state index contributed by atoms with van der Waals surface area (Å²) in [6.45, 7) is 0. The molecule has 2 rings (SSSR count). The van der Waals surface area contributed by atoms with Crippen molar-refractivity contribution in [2.45, 2.75) is 37.6 Å². The van der Waals surface area contributed by atoms with E-state index < -0.39 is 0 Å². The van der Waals surface area contributed by atoms with Gasteiger partial charge in [0.15, 0.2) is 11.5 Å². The first-order valence-corrected chi connectivity index (χ1v) is 6.22. The molecule has 0 amide bonds. The summed E-state index contributed by atoms with van der Waals surface area (Å²) in [6, 6.07) is 6.54. The first-order chi connectivity index (χ1) is 8.24. The number of hydrogen-bond donors (Lipinski definition) is 1. The third kappa shape index (κ3) is 2.72. The molecule has 17 heavy (non-hydrogen) atoms. The molecule has 3 nitrogen and oxygen atoms in total. The zero-order valence-corrected chi connectivity index (χ0v) is 10.6. The Morgan fingerprint density at radius 1 is 1.12 bits per heavy atom. The minimum atomic E-state index is 0.349. The summed E-state index contributed by atoms with van der Waals surface area (Å²) in [5.74, 6) is 2.17. The van der Waals surface area contributed by atoms with Gasteiger partial charge in [-0.1, -0.05) is 12.5 Å². The summed E-state index contributed by atoms with van der Waals surface area (Å²) in [6.07, 6.45) is 4.68. The minimum Gasteiger partial charge on any atom is -0.493 e. The zero-order valence-electron chi connectivity index (χ0n) is 10.6. The SMILES string of the molecule is COc1ccc(C2CCCC(N)C2)cc1OC. The molecule has 0 spiro atoms. The van der Waals surface area contributed by atoms with Crippen LogP contribution in [0.1, 0.15) is 37.2 Å². The fourth-order valence-corrected chi connectivity index (χ4v) is 2.64. The average molecular weight is 235 g/mol. The van der Waals surface area contributed by atoms with E-state index in [9.17, 15) is 0 Å². The van der Waals surface area contributed by atoms with E-state index in [0.717, 1.165) is 24.3 Å². The smallest absolute Gasteiger partial charge is 0.160 e. The number of nitrogens with two attached hydrogens (primary N) is 1. The molecule has 1 aliphatic carbocycles. The number of rotatable bonds is 3. The second kappa shape index (κ2) is 5.41. The van der Waals surface area contributed by atoms with Crippen molar-refractivity contribution < 1.29 is 9.47 Å². The Labute approximate surface area is 103 Å². The molecule has 94 valence electrons. The summed E-state index contributed by atoms with van der Waals surface area (Å²) >= 11 is 0. The van der Waals surface area contributed by atoms with Crippen LogP contribution in [-0.4, -0.2) is 20.3 Å². The van der Waals surface area contributed by atoms with E-state index in [1.807, 2.05) is 6.07 Å². The van der Waals surface area contributed by atoms with Crippen molar-refractivity contribution in [2.24, 2.45) is 5.73 Å². The fourth-order valence-electron chi connectivity index (χ4n) is 2.64. The van der Waals surface area contributed by atoms with E-state index in [1.165, 1.54) is 18.4 Å². The predicted octanol–water partition coefficient (Wildman–Crippen LogP) is 2.69. The van der Waals surface area contributed by atoms with Crippen molar-refractivity contribution in [3.05, 3.63) is 23.8 Å². The molecule has 0 aromatic heterocycles. The van der Waals surface area contributed by atoms with E-state index in [-0.39, 0.29) is 0 Å². The highest BCUT2D eigenvalue weighted by atomic mass is 16.5. The summed E-state index contributed by atoms with van der Waals surface area (Å²) in [5.41, 5.74) is 7.35. The fraction of sp³-hybridized carbons (Fsp3) is 0.571. The van der Waals surface area contributed by atoms with Crippen LogP contribution in [-0.2, 0) is 0 Å². The van der Waals surface area contributed by atoms with Crippen LogP contribution in [0.4, 0.5) is 0 Å². The van der Waals surface area contributed by atoms with Crippen LogP contribution in [0.2, 0.25) is 0 Å². The summed E-state index contributed by atoms with van der Waals surface area (Å²) in [7, 11) is 3.34. The van der Waals surface area contributed by atoms with Crippen molar-refractivity contribution in [1.29, 1.82) is 0 Å². The Morgan fingerprint density at radius 3 is 2.53 bits per heavy atom. The molecule has 3 heteroatoms. The maximum absolute atomic E-state index is 6.03. The van der Waals surface area contributed by atoms with Gasteiger partial charge in [0, 0.05) is 6.04 Å². The molecular weight excluding hydrogens is 214 g/mol. The van der Waals surface area contributed by atoms with Gasteiger partial charge >= 0.3 is 0 Å². The molecule has 0 bridgehead atoms. The topological polar surface area (TPSA) is 44.5 Å². The number of methoxy groups -OCH3 is 2.